The van der Waals surface area contributed by atoms with Gasteiger partial charge in [0.1, 0.15) is 5.76 Å². The summed E-state index contributed by atoms with van der Waals surface area (Å²) in [6, 6.07) is 5.88. The fourth-order valence-corrected chi connectivity index (χ4v) is 1.65. The van der Waals surface area contributed by atoms with Gasteiger partial charge in [-0.3, -0.25) is 4.90 Å². The standard InChI is InChI=1S/C12H14N4O2/c1-10-14-12(15-18-10)9-16(6-3-5-13)8-11-4-2-7-17-11/h2,4,7H,3,6,8-9H2,1H3. The first kappa shape index (κ1) is 12.3. The highest BCUT2D eigenvalue weighted by Gasteiger charge is 2.12. The Balaban J connectivity index is 1.98. The van der Waals surface area contributed by atoms with Crippen LogP contribution in [-0.4, -0.2) is 21.6 Å². The predicted molar refractivity (Wildman–Crippen MR) is 62.1 cm³/mol. The molecule has 0 fully saturated rings. The van der Waals surface area contributed by atoms with Gasteiger partial charge in [-0.1, -0.05) is 5.16 Å². The second-order valence-corrected chi connectivity index (χ2v) is 3.93. The summed E-state index contributed by atoms with van der Waals surface area (Å²) < 4.78 is 10.2. The van der Waals surface area contributed by atoms with Gasteiger partial charge in [-0.2, -0.15) is 10.2 Å². The number of nitriles is 1. The van der Waals surface area contributed by atoms with E-state index in [-0.39, 0.29) is 0 Å². The van der Waals surface area contributed by atoms with Gasteiger partial charge >= 0.3 is 0 Å². The van der Waals surface area contributed by atoms with Crippen LogP contribution in [0.25, 0.3) is 0 Å². The molecule has 0 saturated carbocycles. The van der Waals surface area contributed by atoms with E-state index in [4.69, 9.17) is 14.2 Å². The Morgan fingerprint density at radius 3 is 2.94 bits per heavy atom. The van der Waals surface area contributed by atoms with E-state index < -0.39 is 0 Å². The molecule has 0 unspecified atom stereocenters. The highest BCUT2D eigenvalue weighted by molar-refractivity contribution is 4.98. The SMILES string of the molecule is Cc1nc(CN(CCC#N)Cc2ccco2)no1. The minimum absolute atomic E-state index is 0.456. The largest absolute Gasteiger partial charge is 0.468 e. The monoisotopic (exact) mass is 246 g/mol. The second kappa shape index (κ2) is 5.98. The van der Waals surface area contributed by atoms with Gasteiger partial charge in [0.05, 0.1) is 25.4 Å². The van der Waals surface area contributed by atoms with Crippen LogP contribution in [0.5, 0.6) is 0 Å². The minimum Gasteiger partial charge on any atom is -0.468 e. The van der Waals surface area contributed by atoms with Gasteiger partial charge in [0.2, 0.25) is 5.89 Å². The molecular formula is C12H14N4O2. The van der Waals surface area contributed by atoms with Crippen LogP contribution in [0, 0.1) is 18.3 Å². The van der Waals surface area contributed by atoms with Crippen molar-refractivity contribution >= 4 is 0 Å². The number of aryl methyl sites for hydroxylation is 1. The topological polar surface area (TPSA) is 79.1 Å². The van der Waals surface area contributed by atoms with Gasteiger partial charge < -0.3 is 8.94 Å². The molecule has 6 nitrogen and oxygen atoms in total. The molecule has 0 bridgehead atoms. The molecule has 0 aromatic carbocycles. The molecular weight excluding hydrogens is 232 g/mol. The lowest BCUT2D eigenvalue weighted by Gasteiger charge is -2.17. The summed E-state index contributed by atoms with van der Waals surface area (Å²) in [6.07, 6.45) is 2.09. The van der Waals surface area contributed by atoms with Gasteiger partial charge in [-0.25, -0.2) is 0 Å². The van der Waals surface area contributed by atoms with Crippen LogP contribution < -0.4 is 0 Å². The van der Waals surface area contributed by atoms with Crippen LogP contribution in [-0.2, 0) is 13.1 Å². The highest BCUT2D eigenvalue weighted by atomic mass is 16.5. The minimum atomic E-state index is 0.456. The Kier molecular flexibility index (Phi) is 4.10. The highest BCUT2D eigenvalue weighted by Crippen LogP contribution is 2.09. The first-order valence-electron chi connectivity index (χ1n) is 5.69. The van der Waals surface area contributed by atoms with Gasteiger partial charge in [-0.15, -0.1) is 0 Å². The number of nitrogens with zero attached hydrogens (tertiary/aromatic N) is 4. The van der Waals surface area contributed by atoms with Crippen molar-refractivity contribution in [3.63, 3.8) is 0 Å². The van der Waals surface area contributed by atoms with Crippen molar-refractivity contribution in [2.75, 3.05) is 6.54 Å². The van der Waals surface area contributed by atoms with E-state index in [2.05, 4.69) is 16.2 Å². The van der Waals surface area contributed by atoms with Crippen molar-refractivity contribution < 1.29 is 8.94 Å². The quantitative estimate of drug-likeness (QED) is 0.774. The lowest BCUT2D eigenvalue weighted by atomic mass is 10.3. The van der Waals surface area contributed by atoms with Crippen LogP contribution in [0.15, 0.2) is 27.3 Å². The molecule has 2 aromatic rings. The maximum Gasteiger partial charge on any atom is 0.223 e. The summed E-state index contributed by atoms with van der Waals surface area (Å²) in [7, 11) is 0. The molecule has 0 radical (unpaired) electrons. The van der Waals surface area contributed by atoms with Gasteiger partial charge in [-0.05, 0) is 12.1 Å². The number of rotatable bonds is 6. The molecule has 0 amide bonds. The molecule has 0 saturated heterocycles. The average Bonchev–Trinajstić information content (AvgIpc) is 2.98. The normalized spacial score (nSPS) is 10.7. The van der Waals surface area contributed by atoms with E-state index in [1.807, 2.05) is 17.0 Å². The van der Waals surface area contributed by atoms with Gasteiger partial charge in [0, 0.05) is 19.9 Å². The molecule has 94 valence electrons. The van der Waals surface area contributed by atoms with Gasteiger partial charge in [0.25, 0.3) is 0 Å². The second-order valence-electron chi connectivity index (χ2n) is 3.93. The molecule has 0 atom stereocenters. The van der Waals surface area contributed by atoms with E-state index in [0.29, 0.717) is 37.8 Å². The van der Waals surface area contributed by atoms with E-state index >= 15 is 0 Å². The average molecular weight is 246 g/mol. The lowest BCUT2D eigenvalue weighted by molar-refractivity contribution is 0.231. The third-order valence-corrected chi connectivity index (χ3v) is 2.43. The zero-order valence-corrected chi connectivity index (χ0v) is 10.2. The Morgan fingerprint density at radius 1 is 1.44 bits per heavy atom. The van der Waals surface area contributed by atoms with E-state index in [1.165, 1.54) is 0 Å². The van der Waals surface area contributed by atoms with Crippen LogP contribution in [0.3, 0.4) is 0 Å². The van der Waals surface area contributed by atoms with Crippen LogP contribution >= 0.6 is 0 Å². The molecule has 0 aliphatic rings. The summed E-state index contributed by atoms with van der Waals surface area (Å²) in [4.78, 5) is 6.20. The first-order chi connectivity index (χ1) is 8.78. The molecule has 0 aliphatic heterocycles. The zero-order chi connectivity index (χ0) is 12.8. The maximum atomic E-state index is 8.66. The smallest absolute Gasteiger partial charge is 0.223 e. The number of aromatic nitrogens is 2. The molecule has 2 rings (SSSR count). The zero-order valence-electron chi connectivity index (χ0n) is 10.2. The van der Waals surface area contributed by atoms with Crippen molar-refractivity contribution in [3.8, 4) is 6.07 Å². The molecule has 2 heterocycles. The van der Waals surface area contributed by atoms with Crippen LogP contribution in [0.4, 0.5) is 0 Å². The van der Waals surface area contributed by atoms with Crippen LogP contribution in [0.2, 0.25) is 0 Å². The van der Waals surface area contributed by atoms with Crippen molar-refractivity contribution in [2.45, 2.75) is 26.4 Å². The van der Waals surface area contributed by atoms with Crippen LogP contribution in [0.1, 0.15) is 23.9 Å². The van der Waals surface area contributed by atoms with E-state index in [0.717, 1.165) is 5.76 Å². The summed E-state index contributed by atoms with van der Waals surface area (Å²) in [6.45, 7) is 3.56. The van der Waals surface area contributed by atoms with E-state index in [9.17, 15) is 0 Å². The van der Waals surface area contributed by atoms with E-state index in [1.54, 1.807) is 13.2 Å². The third-order valence-electron chi connectivity index (χ3n) is 2.43. The third kappa shape index (κ3) is 3.43. The number of hydrogen-bond donors (Lipinski definition) is 0. The molecule has 0 aliphatic carbocycles. The fraction of sp³-hybridized carbons (Fsp3) is 0.417. The molecule has 2 aromatic heterocycles. The Morgan fingerprint density at radius 2 is 2.33 bits per heavy atom. The molecule has 6 heteroatoms. The van der Waals surface area contributed by atoms with Crippen molar-refractivity contribution in [2.24, 2.45) is 0 Å². The Hall–Kier alpha value is -2.13. The summed E-state index contributed by atoms with van der Waals surface area (Å²) in [5.74, 6) is 2.02. The molecule has 18 heavy (non-hydrogen) atoms. The number of hydrogen-bond acceptors (Lipinski definition) is 6. The fourth-order valence-electron chi connectivity index (χ4n) is 1.65. The Bertz CT molecular complexity index is 512. The van der Waals surface area contributed by atoms with Crippen molar-refractivity contribution in [3.05, 3.63) is 35.9 Å². The Labute approximate surface area is 105 Å². The predicted octanol–water partition coefficient (Wildman–Crippen LogP) is 1.89. The maximum absolute atomic E-state index is 8.66. The number of furan rings is 1. The van der Waals surface area contributed by atoms with Gasteiger partial charge in [0.15, 0.2) is 5.82 Å². The summed E-state index contributed by atoms with van der Waals surface area (Å²) >= 11 is 0. The first-order valence-corrected chi connectivity index (χ1v) is 5.69. The lowest BCUT2D eigenvalue weighted by Crippen LogP contribution is -2.24. The molecule has 0 spiro atoms. The summed E-state index contributed by atoms with van der Waals surface area (Å²) in [5, 5.41) is 12.5. The van der Waals surface area contributed by atoms with Crippen molar-refractivity contribution in [1.82, 2.24) is 15.0 Å². The summed E-state index contributed by atoms with van der Waals surface area (Å²) in [5.41, 5.74) is 0. The van der Waals surface area contributed by atoms with Crippen molar-refractivity contribution in [1.29, 1.82) is 5.26 Å². The molecule has 0 N–H and O–H groups in total.